The topological polar surface area (TPSA) is 80.8 Å². The quantitative estimate of drug-likeness (QED) is 0.220. The lowest BCUT2D eigenvalue weighted by Crippen LogP contribution is -2.37. The summed E-state index contributed by atoms with van der Waals surface area (Å²) in [6, 6.07) is 11.6. The average Bonchev–Trinajstić information content (AvgIpc) is 3.44. The third-order valence-electron chi connectivity index (χ3n) is 7.51. The normalized spacial score (nSPS) is 29.5. The molecule has 0 unspecified atom stereocenters. The highest BCUT2D eigenvalue weighted by Crippen LogP contribution is 2.60. The third-order valence-corrected chi connectivity index (χ3v) is 10.7. The van der Waals surface area contributed by atoms with Gasteiger partial charge in [0.25, 0.3) is 0 Å². The van der Waals surface area contributed by atoms with Crippen molar-refractivity contribution in [1.29, 1.82) is 0 Å². The first-order valence-corrected chi connectivity index (χ1v) is 13.1. The Bertz CT molecular complexity index is 1180. The predicted molar refractivity (Wildman–Crippen MR) is 133 cm³/mol. The van der Waals surface area contributed by atoms with Crippen molar-refractivity contribution in [1.82, 2.24) is 0 Å². The van der Waals surface area contributed by atoms with Gasteiger partial charge in [0.05, 0.1) is 23.1 Å². The Hall–Kier alpha value is -2.32. The Morgan fingerprint density at radius 1 is 0.882 bits per heavy atom. The maximum atomic E-state index is 13.2. The van der Waals surface area contributed by atoms with Gasteiger partial charge in [-0.1, -0.05) is 44.0 Å². The smallest absolute Gasteiger partial charge is 0.338 e. The van der Waals surface area contributed by atoms with E-state index in [9.17, 15) is 19.2 Å². The summed E-state index contributed by atoms with van der Waals surface area (Å²) in [5.74, 6) is -1.55. The lowest BCUT2D eigenvalue weighted by Gasteiger charge is -2.28. The molecule has 3 aliphatic rings. The van der Waals surface area contributed by atoms with Gasteiger partial charge in [0.15, 0.2) is 12.4 Å². The number of ketones is 1. The molecule has 34 heavy (non-hydrogen) atoms. The minimum atomic E-state index is -0.637. The number of Topliss-reactive ketones (excluding diaryl/α,β-unsaturated/α-hetero) is 1. The number of rotatable bonds is 5. The molecule has 176 valence electrons. The molecular weight excluding hydrogens is 566 g/mol. The van der Waals surface area contributed by atoms with Crippen molar-refractivity contribution >= 4 is 61.1 Å². The van der Waals surface area contributed by atoms with Crippen LogP contribution in [0.4, 0.5) is 5.69 Å². The first kappa shape index (κ1) is 23.4. The molecule has 6 atom stereocenters. The fourth-order valence-corrected chi connectivity index (χ4v) is 7.44. The molecule has 2 amide bonds. The predicted octanol–water partition coefficient (Wildman–Crippen LogP) is 4.63. The highest BCUT2D eigenvalue weighted by atomic mass is 79.9. The summed E-state index contributed by atoms with van der Waals surface area (Å²) in [7, 11) is 0. The number of imide groups is 1. The number of aryl methyl sites for hydroxylation is 2. The number of carbonyl (C=O) groups is 4. The van der Waals surface area contributed by atoms with Crippen molar-refractivity contribution in [3.8, 4) is 0 Å². The lowest BCUT2D eigenvalue weighted by molar-refractivity contribution is -0.123. The molecule has 2 saturated carbocycles. The maximum absolute atomic E-state index is 13.2. The first-order chi connectivity index (χ1) is 16.2. The highest BCUT2D eigenvalue weighted by molar-refractivity contribution is 9.12. The van der Waals surface area contributed by atoms with Gasteiger partial charge in [-0.3, -0.25) is 19.3 Å². The number of alkyl halides is 2. The molecule has 1 aliphatic heterocycles. The Labute approximate surface area is 214 Å². The number of ether oxygens (including phenoxy) is 1. The Morgan fingerprint density at radius 3 is 2.00 bits per heavy atom. The van der Waals surface area contributed by atoms with E-state index in [1.54, 1.807) is 24.3 Å². The van der Waals surface area contributed by atoms with Gasteiger partial charge in [-0.05, 0) is 73.6 Å². The fourth-order valence-electron chi connectivity index (χ4n) is 5.56. The molecule has 0 aromatic heterocycles. The number of carbonyl (C=O) groups excluding carboxylic acids is 4. The number of anilines is 1. The lowest BCUT2D eigenvalue weighted by atomic mass is 9.81. The van der Waals surface area contributed by atoms with Crippen molar-refractivity contribution < 1.29 is 23.9 Å². The number of hydrogen-bond donors (Lipinski definition) is 0. The molecule has 2 aromatic carbocycles. The van der Waals surface area contributed by atoms with Crippen LogP contribution in [0.3, 0.4) is 0 Å². The van der Waals surface area contributed by atoms with Crippen molar-refractivity contribution in [3.05, 3.63) is 64.7 Å². The zero-order valence-corrected chi connectivity index (χ0v) is 21.8. The second-order valence-electron chi connectivity index (χ2n) is 9.36. The summed E-state index contributed by atoms with van der Waals surface area (Å²) in [4.78, 5) is 52.8. The van der Waals surface area contributed by atoms with E-state index in [0.717, 1.165) is 17.5 Å². The van der Waals surface area contributed by atoms with Gasteiger partial charge in [-0.15, -0.1) is 0 Å². The van der Waals surface area contributed by atoms with Crippen LogP contribution < -0.4 is 4.90 Å². The zero-order valence-electron chi connectivity index (χ0n) is 18.7. The largest absolute Gasteiger partial charge is 0.454 e. The number of amides is 2. The van der Waals surface area contributed by atoms with Gasteiger partial charge in [-0.25, -0.2) is 4.79 Å². The van der Waals surface area contributed by atoms with E-state index in [0.29, 0.717) is 11.3 Å². The van der Waals surface area contributed by atoms with Crippen LogP contribution in [0.25, 0.3) is 0 Å². The number of fused-ring (bicyclic) bond motifs is 5. The average molecular weight is 589 g/mol. The molecule has 0 N–H and O–H groups in total. The molecule has 5 rings (SSSR count). The summed E-state index contributed by atoms with van der Waals surface area (Å²) in [6.45, 7) is 3.52. The van der Waals surface area contributed by atoms with Crippen LogP contribution in [0.1, 0.15) is 38.3 Å². The fraction of sp³-hybridized carbons (Fsp3) is 0.385. The minimum Gasteiger partial charge on any atom is -0.454 e. The van der Waals surface area contributed by atoms with Crippen molar-refractivity contribution in [2.45, 2.75) is 29.9 Å². The summed E-state index contributed by atoms with van der Waals surface area (Å²) in [6.07, 6.45) is 0.873. The van der Waals surface area contributed by atoms with Crippen molar-refractivity contribution in [3.63, 3.8) is 0 Å². The van der Waals surface area contributed by atoms with Crippen LogP contribution in [-0.4, -0.2) is 39.8 Å². The monoisotopic (exact) mass is 587 g/mol. The van der Waals surface area contributed by atoms with Gasteiger partial charge in [0.2, 0.25) is 11.8 Å². The van der Waals surface area contributed by atoms with Gasteiger partial charge < -0.3 is 4.74 Å². The summed E-state index contributed by atoms with van der Waals surface area (Å²) >= 11 is 7.38. The highest BCUT2D eigenvalue weighted by Gasteiger charge is 2.66. The van der Waals surface area contributed by atoms with Crippen LogP contribution in [0.15, 0.2) is 42.5 Å². The number of nitrogens with zero attached hydrogens (tertiary/aromatic N) is 1. The summed E-state index contributed by atoms with van der Waals surface area (Å²) in [5.41, 5.74) is 3.27. The maximum Gasteiger partial charge on any atom is 0.338 e. The molecule has 2 bridgehead atoms. The number of hydrogen-bond acceptors (Lipinski definition) is 5. The Balaban J connectivity index is 1.25. The Kier molecular flexibility index (Phi) is 6.01. The van der Waals surface area contributed by atoms with E-state index >= 15 is 0 Å². The van der Waals surface area contributed by atoms with E-state index in [1.807, 2.05) is 19.9 Å². The molecule has 6 nitrogen and oxygen atoms in total. The number of halogens is 2. The van der Waals surface area contributed by atoms with E-state index in [4.69, 9.17) is 4.74 Å². The van der Waals surface area contributed by atoms with Crippen LogP contribution >= 0.6 is 31.9 Å². The van der Waals surface area contributed by atoms with Crippen molar-refractivity contribution in [2.75, 3.05) is 11.5 Å². The molecule has 2 aliphatic carbocycles. The molecular formula is C26H23Br2NO5. The SMILES string of the molecule is Cc1ccc(C(=O)COC(=O)c2ccc(N3C(=O)[C@H]4[C@@H]5C[C@@H]([C@H](Br)[C@@H]5Br)[C@@H]4C3=O)cc2)cc1C. The molecule has 0 radical (unpaired) electrons. The number of benzene rings is 2. The minimum absolute atomic E-state index is 0.143. The molecule has 8 heteroatoms. The van der Waals surface area contributed by atoms with E-state index < -0.39 is 5.97 Å². The summed E-state index contributed by atoms with van der Waals surface area (Å²) in [5, 5.41) is 0. The second kappa shape index (κ2) is 8.72. The zero-order chi connectivity index (χ0) is 24.3. The molecule has 0 spiro atoms. The standard InChI is InChI=1S/C26H23Br2NO5/c1-12-3-4-15(9-13(12)2)19(30)11-34-26(33)14-5-7-16(8-6-14)29-24(31)20-17-10-18(21(20)25(29)32)23(28)22(17)27/h3-9,17-18,20-23H,10-11H2,1-2H3/t17-,18+,20-,21-,22+,23-/m0/s1. The number of esters is 1. The molecule has 2 aromatic rings. The van der Waals surface area contributed by atoms with Crippen LogP contribution in [0, 0.1) is 37.5 Å². The summed E-state index contributed by atoms with van der Waals surface area (Å²) < 4.78 is 5.20. The van der Waals surface area contributed by atoms with E-state index in [-0.39, 0.29) is 63.1 Å². The van der Waals surface area contributed by atoms with Crippen LogP contribution in [0.2, 0.25) is 0 Å². The first-order valence-electron chi connectivity index (χ1n) is 11.2. The van der Waals surface area contributed by atoms with Gasteiger partial charge in [0.1, 0.15) is 0 Å². The van der Waals surface area contributed by atoms with Crippen molar-refractivity contribution in [2.24, 2.45) is 23.7 Å². The second-order valence-corrected chi connectivity index (χ2v) is 11.5. The van der Waals surface area contributed by atoms with Gasteiger partial charge in [-0.2, -0.15) is 0 Å². The van der Waals surface area contributed by atoms with E-state index in [2.05, 4.69) is 31.9 Å². The van der Waals surface area contributed by atoms with Crippen LogP contribution in [0.5, 0.6) is 0 Å². The molecule has 1 heterocycles. The van der Waals surface area contributed by atoms with E-state index in [1.165, 1.54) is 17.0 Å². The van der Waals surface area contributed by atoms with Crippen LogP contribution in [-0.2, 0) is 14.3 Å². The molecule has 3 fully saturated rings. The third kappa shape index (κ3) is 3.66. The van der Waals surface area contributed by atoms with Gasteiger partial charge >= 0.3 is 5.97 Å². The molecule has 1 saturated heterocycles. The van der Waals surface area contributed by atoms with Gasteiger partial charge in [0, 0.05) is 15.2 Å². The Morgan fingerprint density at radius 2 is 1.44 bits per heavy atom.